The fraction of sp³-hybridized carbons (Fsp3) is 0.417. The van der Waals surface area contributed by atoms with E-state index in [-0.39, 0.29) is 0 Å². The van der Waals surface area contributed by atoms with Crippen LogP contribution in [0.25, 0.3) is 10.9 Å². The third kappa shape index (κ3) is 3.01. The number of aromatic nitrogens is 1. The van der Waals surface area contributed by atoms with Crippen molar-refractivity contribution in [3.63, 3.8) is 0 Å². The Morgan fingerprint density at radius 2 is 1.59 bits per heavy atom. The number of hydrogen-bond acceptors (Lipinski definition) is 2. The molecule has 0 aliphatic heterocycles. The average Bonchev–Trinajstić information content (AvgIpc) is 3.08. The Morgan fingerprint density at radius 3 is 2.21 bits per heavy atom. The number of aryl methyl sites for hydroxylation is 3. The predicted octanol–water partition coefficient (Wildman–Crippen LogP) is 5.39. The van der Waals surface area contributed by atoms with Gasteiger partial charge in [0.05, 0.1) is 10.4 Å². The first-order chi connectivity index (χ1) is 13.9. The Bertz CT molecular complexity index is 1150. The van der Waals surface area contributed by atoms with Crippen LogP contribution in [0.4, 0.5) is 0 Å². The maximum Gasteiger partial charge on any atom is 0.268 e. The highest BCUT2D eigenvalue weighted by molar-refractivity contribution is 7.90. The first-order valence-electron chi connectivity index (χ1n) is 10.9. The summed E-state index contributed by atoms with van der Waals surface area (Å²) in [5.74, 6) is 0. The van der Waals surface area contributed by atoms with E-state index in [2.05, 4.69) is 26.8 Å². The van der Waals surface area contributed by atoms with Gasteiger partial charge in [-0.25, -0.2) is 12.4 Å². The second-order valence-electron chi connectivity index (χ2n) is 8.42. The fourth-order valence-electron chi connectivity index (χ4n) is 5.23. The summed E-state index contributed by atoms with van der Waals surface area (Å²) in [7, 11) is -5.60. The molecule has 0 N–H and O–H groups in total. The molecular formula is C24H31NO2SSi. The number of rotatable bonds is 6. The summed E-state index contributed by atoms with van der Waals surface area (Å²) in [5, 5.41) is 2.39. The van der Waals surface area contributed by atoms with Gasteiger partial charge in [-0.05, 0) is 55.5 Å². The topological polar surface area (TPSA) is 39.1 Å². The Kier molecular flexibility index (Phi) is 5.24. The molecule has 0 spiro atoms. The molecule has 5 heteroatoms. The van der Waals surface area contributed by atoms with Crippen LogP contribution in [0.5, 0.6) is 0 Å². The molecule has 3 nitrogen and oxygen atoms in total. The monoisotopic (exact) mass is 425 g/mol. The summed E-state index contributed by atoms with van der Waals surface area (Å²) in [4.78, 5) is 0.392. The molecule has 2 aromatic carbocycles. The van der Waals surface area contributed by atoms with E-state index in [1.165, 1.54) is 21.8 Å². The third-order valence-electron chi connectivity index (χ3n) is 7.10. The van der Waals surface area contributed by atoms with Crippen LogP contribution in [0, 0.1) is 6.92 Å². The van der Waals surface area contributed by atoms with Gasteiger partial charge in [-0.2, -0.15) is 0 Å². The van der Waals surface area contributed by atoms with Crippen molar-refractivity contribution in [1.82, 2.24) is 3.97 Å². The van der Waals surface area contributed by atoms with Gasteiger partial charge in [-0.3, -0.25) is 0 Å². The predicted molar refractivity (Wildman–Crippen MR) is 125 cm³/mol. The lowest BCUT2D eigenvalue weighted by Gasteiger charge is -2.31. The van der Waals surface area contributed by atoms with Gasteiger partial charge in [-0.15, -0.1) is 0 Å². The zero-order valence-electron chi connectivity index (χ0n) is 18.0. The Labute approximate surface area is 175 Å². The molecule has 0 radical (unpaired) electrons. The highest BCUT2D eigenvalue weighted by Gasteiger charge is 2.40. The number of benzene rings is 2. The van der Waals surface area contributed by atoms with Crippen LogP contribution in [-0.2, 0) is 22.9 Å². The lowest BCUT2D eigenvalue weighted by atomic mass is 9.93. The van der Waals surface area contributed by atoms with Gasteiger partial charge >= 0.3 is 0 Å². The van der Waals surface area contributed by atoms with Crippen LogP contribution >= 0.6 is 0 Å². The molecule has 0 fully saturated rings. The molecule has 0 bridgehead atoms. The summed E-state index contributed by atoms with van der Waals surface area (Å²) < 4.78 is 29.8. The number of nitrogens with zero attached hydrogens (tertiary/aromatic N) is 1. The van der Waals surface area contributed by atoms with Crippen molar-refractivity contribution in [2.75, 3.05) is 0 Å². The van der Waals surface area contributed by atoms with E-state index in [0.717, 1.165) is 48.5 Å². The van der Waals surface area contributed by atoms with E-state index < -0.39 is 18.1 Å². The van der Waals surface area contributed by atoms with Gasteiger partial charge in [-0.1, -0.05) is 68.7 Å². The SMILES string of the molecule is CC[Si](CC)(CC)c1c2c3c(cccc3n1S(=O)(=O)c1ccc(C)cc1)CCC2. The number of hydrogen-bond donors (Lipinski definition) is 0. The van der Waals surface area contributed by atoms with E-state index >= 15 is 0 Å². The summed E-state index contributed by atoms with van der Waals surface area (Å²) in [6.45, 7) is 8.77. The van der Waals surface area contributed by atoms with Crippen LogP contribution < -0.4 is 5.32 Å². The average molecular weight is 426 g/mol. The molecular weight excluding hydrogens is 394 g/mol. The summed E-state index contributed by atoms with van der Waals surface area (Å²) in [5.41, 5.74) is 4.60. The first kappa shape index (κ1) is 20.4. The van der Waals surface area contributed by atoms with Crippen molar-refractivity contribution < 1.29 is 8.42 Å². The summed E-state index contributed by atoms with van der Waals surface area (Å²) in [6, 6.07) is 16.8. The highest BCUT2D eigenvalue weighted by Crippen LogP contribution is 2.36. The minimum absolute atomic E-state index is 0.392. The van der Waals surface area contributed by atoms with E-state index in [1.807, 2.05) is 31.2 Å². The Morgan fingerprint density at radius 1 is 0.931 bits per heavy atom. The second kappa shape index (κ2) is 7.44. The van der Waals surface area contributed by atoms with E-state index in [9.17, 15) is 8.42 Å². The van der Waals surface area contributed by atoms with Crippen LogP contribution in [0.1, 0.15) is 43.9 Å². The standard InChI is InChI=1S/C24H31NO2SSi/c1-5-29(6-2,7-3)24-21-12-8-10-19-11-9-13-22(23(19)21)25(24)28(26,27)20-16-14-18(4)15-17-20/h9,11,13-17H,5-8,10,12H2,1-4H3. The molecule has 0 unspecified atom stereocenters. The molecule has 1 aromatic heterocycles. The molecule has 0 atom stereocenters. The van der Waals surface area contributed by atoms with Gasteiger partial charge in [0.2, 0.25) is 0 Å². The van der Waals surface area contributed by atoms with Crippen molar-refractivity contribution >= 4 is 34.3 Å². The van der Waals surface area contributed by atoms with Gasteiger partial charge in [0.1, 0.15) is 8.07 Å². The normalized spacial score (nSPS) is 14.5. The van der Waals surface area contributed by atoms with Crippen molar-refractivity contribution in [2.45, 2.75) is 70.0 Å². The molecule has 1 aliphatic rings. The van der Waals surface area contributed by atoms with Crippen LogP contribution in [0.2, 0.25) is 18.1 Å². The zero-order chi connectivity index (χ0) is 20.8. The lowest BCUT2D eigenvalue weighted by Crippen LogP contribution is -2.52. The smallest absolute Gasteiger partial charge is 0.242 e. The largest absolute Gasteiger partial charge is 0.268 e. The summed E-state index contributed by atoms with van der Waals surface area (Å²) >= 11 is 0. The molecule has 0 amide bonds. The Balaban J connectivity index is 2.15. The Hall–Kier alpha value is -1.85. The van der Waals surface area contributed by atoms with Gasteiger partial charge in [0, 0.05) is 10.7 Å². The lowest BCUT2D eigenvalue weighted by molar-refractivity contribution is 0.590. The second-order valence-corrected chi connectivity index (χ2v) is 15.4. The zero-order valence-corrected chi connectivity index (χ0v) is 19.8. The molecule has 0 saturated heterocycles. The van der Waals surface area contributed by atoms with Gasteiger partial charge in [0.15, 0.2) is 0 Å². The van der Waals surface area contributed by atoms with E-state index in [4.69, 9.17) is 0 Å². The third-order valence-corrected chi connectivity index (χ3v) is 14.6. The molecule has 0 saturated carbocycles. The van der Waals surface area contributed by atoms with Gasteiger partial charge < -0.3 is 0 Å². The molecule has 4 rings (SSSR count). The van der Waals surface area contributed by atoms with Crippen LogP contribution in [0.15, 0.2) is 47.4 Å². The molecule has 3 aromatic rings. The minimum atomic E-state index is -3.65. The maximum absolute atomic E-state index is 14.0. The highest BCUT2D eigenvalue weighted by atomic mass is 32.2. The fourth-order valence-corrected chi connectivity index (χ4v) is 11.6. The van der Waals surface area contributed by atoms with Crippen LogP contribution in [0.3, 0.4) is 0 Å². The van der Waals surface area contributed by atoms with E-state index in [0.29, 0.717) is 4.90 Å². The van der Waals surface area contributed by atoms with Gasteiger partial charge in [0.25, 0.3) is 10.0 Å². The molecule has 1 aliphatic carbocycles. The maximum atomic E-state index is 14.0. The van der Waals surface area contributed by atoms with E-state index in [1.54, 1.807) is 16.1 Å². The van der Waals surface area contributed by atoms with Crippen LogP contribution in [-0.4, -0.2) is 20.5 Å². The van der Waals surface area contributed by atoms with Crippen molar-refractivity contribution in [1.29, 1.82) is 0 Å². The molecule has 154 valence electrons. The minimum Gasteiger partial charge on any atom is -0.242 e. The molecule has 1 heterocycles. The summed E-state index contributed by atoms with van der Waals surface area (Å²) in [6.07, 6.45) is 3.14. The quantitative estimate of drug-likeness (QED) is 0.497. The van der Waals surface area contributed by atoms with Crippen molar-refractivity contribution in [2.24, 2.45) is 0 Å². The van der Waals surface area contributed by atoms with Crippen molar-refractivity contribution in [3.05, 3.63) is 59.2 Å². The molecule has 29 heavy (non-hydrogen) atoms. The van der Waals surface area contributed by atoms with Crippen molar-refractivity contribution in [3.8, 4) is 0 Å². The first-order valence-corrected chi connectivity index (χ1v) is 14.9.